The number of carbonyl (C=O) groups is 1. The SMILES string of the molecule is CCOC(=O)N1CCC(NCC(C)(O)c2ccc(F)cc2F)CC1. The molecule has 134 valence electrons. The van der Waals surface area contributed by atoms with Crippen LogP contribution in [0.15, 0.2) is 18.2 Å². The molecule has 1 fully saturated rings. The number of halogens is 2. The predicted octanol–water partition coefficient (Wildman–Crippen LogP) is 2.38. The summed E-state index contributed by atoms with van der Waals surface area (Å²) in [5.41, 5.74) is -1.39. The van der Waals surface area contributed by atoms with Gasteiger partial charge in [-0.3, -0.25) is 0 Å². The summed E-state index contributed by atoms with van der Waals surface area (Å²) in [6.45, 7) is 4.89. The van der Waals surface area contributed by atoms with Crippen molar-refractivity contribution in [2.75, 3.05) is 26.2 Å². The molecule has 7 heteroatoms. The smallest absolute Gasteiger partial charge is 0.409 e. The Hall–Kier alpha value is -1.73. The maximum Gasteiger partial charge on any atom is 0.409 e. The van der Waals surface area contributed by atoms with Crippen molar-refractivity contribution in [1.29, 1.82) is 0 Å². The van der Waals surface area contributed by atoms with Gasteiger partial charge >= 0.3 is 6.09 Å². The highest BCUT2D eigenvalue weighted by atomic mass is 19.1. The molecule has 1 atom stereocenters. The Balaban J connectivity index is 1.86. The fourth-order valence-corrected chi connectivity index (χ4v) is 2.85. The number of nitrogens with one attached hydrogen (secondary N) is 1. The number of hydrogen-bond donors (Lipinski definition) is 2. The van der Waals surface area contributed by atoms with E-state index in [9.17, 15) is 18.7 Å². The van der Waals surface area contributed by atoms with Gasteiger partial charge in [0.25, 0.3) is 0 Å². The lowest BCUT2D eigenvalue weighted by atomic mass is 9.94. The lowest BCUT2D eigenvalue weighted by Gasteiger charge is -2.34. The molecule has 24 heavy (non-hydrogen) atoms. The molecule has 5 nitrogen and oxygen atoms in total. The minimum atomic E-state index is -1.45. The summed E-state index contributed by atoms with van der Waals surface area (Å²) in [7, 11) is 0. The predicted molar refractivity (Wildman–Crippen MR) is 85.5 cm³/mol. The van der Waals surface area contributed by atoms with Gasteiger partial charge in [0.05, 0.1) is 6.61 Å². The van der Waals surface area contributed by atoms with E-state index in [0.717, 1.165) is 25.0 Å². The molecule has 0 saturated carbocycles. The van der Waals surface area contributed by atoms with Crippen molar-refractivity contribution < 1.29 is 23.4 Å². The lowest BCUT2D eigenvalue weighted by molar-refractivity contribution is 0.0453. The Morgan fingerprint density at radius 1 is 1.42 bits per heavy atom. The largest absolute Gasteiger partial charge is 0.450 e. The number of carbonyl (C=O) groups excluding carboxylic acids is 1. The summed E-state index contributed by atoms with van der Waals surface area (Å²) in [6, 6.07) is 3.27. The molecule has 0 radical (unpaired) electrons. The first-order valence-electron chi connectivity index (χ1n) is 8.16. The standard InChI is InChI=1S/C17H24F2N2O3/c1-3-24-16(22)21-8-6-13(7-9-21)20-11-17(2,23)14-5-4-12(18)10-15(14)19/h4-5,10,13,20,23H,3,6-9,11H2,1-2H3. The lowest BCUT2D eigenvalue weighted by Crippen LogP contribution is -2.48. The van der Waals surface area contributed by atoms with Crippen molar-refractivity contribution in [2.45, 2.75) is 38.3 Å². The number of piperidine rings is 1. The van der Waals surface area contributed by atoms with Crippen molar-refractivity contribution in [2.24, 2.45) is 0 Å². The molecule has 1 amide bonds. The number of benzene rings is 1. The molecule has 1 aromatic carbocycles. The van der Waals surface area contributed by atoms with Gasteiger partial charge in [0.1, 0.15) is 17.2 Å². The summed E-state index contributed by atoms with van der Waals surface area (Å²) in [6.07, 6.45) is 1.14. The highest BCUT2D eigenvalue weighted by molar-refractivity contribution is 5.67. The van der Waals surface area contributed by atoms with Crippen LogP contribution in [0.4, 0.5) is 13.6 Å². The monoisotopic (exact) mass is 342 g/mol. The highest BCUT2D eigenvalue weighted by Crippen LogP contribution is 2.24. The molecule has 1 aliphatic heterocycles. The fraction of sp³-hybridized carbons (Fsp3) is 0.588. The van der Waals surface area contributed by atoms with Gasteiger partial charge < -0.3 is 20.1 Å². The van der Waals surface area contributed by atoms with Crippen molar-refractivity contribution in [3.63, 3.8) is 0 Å². The minimum Gasteiger partial charge on any atom is -0.450 e. The first-order chi connectivity index (χ1) is 11.3. The van der Waals surface area contributed by atoms with Gasteiger partial charge in [-0.05, 0) is 32.8 Å². The maximum absolute atomic E-state index is 13.8. The number of ether oxygens (including phenoxy) is 1. The molecule has 2 rings (SSSR count). The van der Waals surface area contributed by atoms with Gasteiger partial charge in [-0.2, -0.15) is 0 Å². The summed E-state index contributed by atoms with van der Waals surface area (Å²) in [5, 5.41) is 13.7. The number of aliphatic hydroxyl groups is 1. The van der Waals surface area contributed by atoms with E-state index in [2.05, 4.69) is 5.32 Å². The summed E-state index contributed by atoms with van der Waals surface area (Å²) < 4.78 is 31.8. The van der Waals surface area contributed by atoms with Crippen LogP contribution in [0.5, 0.6) is 0 Å². The third-order valence-corrected chi connectivity index (χ3v) is 4.27. The second-order valence-electron chi connectivity index (χ2n) is 6.24. The van der Waals surface area contributed by atoms with Gasteiger partial charge in [-0.25, -0.2) is 13.6 Å². The molecule has 0 spiro atoms. The number of amides is 1. The second kappa shape index (κ2) is 7.90. The van der Waals surface area contributed by atoms with Crippen LogP contribution >= 0.6 is 0 Å². The zero-order valence-electron chi connectivity index (χ0n) is 14.0. The Morgan fingerprint density at radius 3 is 2.67 bits per heavy atom. The molecular weight excluding hydrogens is 318 g/mol. The van der Waals surface area contributed by atoms with Gasteiger partial charge in [-0.1, -0.05) is 6.07 Å². The van der Waals surface area contributed by atoms with E-state index in [4.69, 9.17) is 4.74 Å². The first-order valence-corrected chi connectivity index (χ1v) is 8.16. The molecule has 0 aliphatic carbocycles. The van der Waals surface area contributed by atoms with Crippen molar-refractivity contribution in [3.05, 3.63) is 35.4 Å². The maximum atomic E-state index is 13.8. The minimum absolute atomic E-state index is 0.0559. The molecule has 1 heterocycles. The highest BCUT2D eigenvalue weighted by Gasteiger charge is 2.29. The van der Waals surface area contributed by atoms with Crippen LogP contribution in [0.25, 0.3) is 0 Å². The summed E-state index contributed by atoms with van der Waals surface area (Å²) >= 11 is 0. The Kier molecular flexibility index (Phi) is 6.12. The van der Waals surface area contributed by atoms with E-state index in [1.54, 1.807) is 11.8 Å². The molecule has 1 aliphatic rings. The Bertz CT molecular complexity index is 573. The van der Waals surface area contributed by atoms with Crippen LogP contribution < -0.4 is 5.32 Å². The molecule has 1 unspecified atom stereocenters. The first kappa shape index (κ1) is 18.6. The Labute approximate surface area is 140 Å². The molecule has 0 bridgehead atoms. The van der Waals surface area contributed by atoms with Crippen LogP contribution in [-0.4, -0.2) is 48.4 Å². The average Bonchev–Trinajstić information content (AvgIpc) is 2.53. The number of rotatable bonds is 5. The third-order valence-electron chi connectivity index (χ3n) is 4.27. The Morgan fingerprint density at radius 2 is 2.08 bits per heavy atom. The number of likely N-dealkylation sites (tertiary alicyclic amines) is 1. The van der Waals surface area contributed by atoms with Crippen molar-refractivity contribution in [3.8, 4) is 0 Å². The van der Waals surface area contributed by atoms with E-state index in [1.165, 1.54) is 13.0 Å². The van der Waals surface area contributed by atoms with E-state index in [0.29, 0.717) is 19.7 Å². The van der Waals surface area contributed by atoms with Crippen molar-refractivity contribution in [1.82, 2.24) is 10.2 Å². The second-order valence-corrected chi connectivity index (χ2v) is 6.24. The molecular formula is C17H24F2N2O3. The van der Waals surface area contributed by atoms with Gasteiger partial charge in [0, 0.05) is 37.3 Å². The van der Waals surface area contributed by atoms with Gasteiger partial charge in [0.15, 0.2) is 0 Å². The van der Waals surface area contributed by atoms with Gasteiger partial charge in [0.2, 0.25) is 0 Å². The van der Waals surface area contributed by atoms with Crippen LogP contribution in [0.2, 0.25) is 0 Å². The van der Waals surface area contributed by atoms with E-state index in [-0.39, 0.29) is 24.2 Å². The van der Waals surface area contributed by atoms with E-state index < -0.39 is 17.2 Å². The van der Waals surface area contributed by atoms with E-state index in [1.807, 2.05) is 0 Å². The third kappa shape index (κ3) is 4.64. The molecule has 1 aromatic rings. The average molecular weight is 342 g/mol. The van der Waals surface area contributed by atoms with Crippen molar-refractivity contribution >= 4 is 6.09 Å². The van der Waals surface area contributed by atoms with Crippen LogP contribution in [0.1, 0.15) is 32.3 Å². The van der Waals surface area contributed by atoms with E-state index >= 15 is 0 Å². The molecule has 1 saturated heterocycles. The zero-order valence-corrected chi connectivity index (χ0v) is 14.0. The fourth-order valence-electron chi connectivity index (χ4n) is 2.85. The number of hydrogen-bond acceptors (Lipinski definition) is 4. The quantitative estimate of drug-likeness (QED) is 0.862. The molecule has 2 N–H and O–H groups in total. The topological polar surface area (TPSA) is 61.8 Å². The summed E-state index contributed by atoms with van der Waals surface area (Å²) in [4.78, 5) is 13.3. The number of nitrogens with zero attached hydrogens (tertiary/aromatic N) is 1. The van der Waals surface area contributed by atoms with Crippen LogP contribution in [-0.2, 0) is 10.3 Å². The van der Waals surface area contributed by atoms with Gasteiger partial charge in [-0.15, -0.1) is 0 Å². The van der Waals surface area contributed by atoms with Crippen LogP contribution in [0, 0.1) is 11.6 Å². The van der Waals surface area contributed by atoms with Crippen LogP contribution in [0.3, 0.4) is 0 Å². The zero-order chi connectivity index (χ0) is 17.7. The summed E-state index contributed by atoms with van der Waals surface area (Å²) in [5.74, 6) is -1.44. The molecule has 0 aromatic heterocycles. The normalized spacial score (nSPS) is 18.3.